The Labute approximate surface area is 158 Å². The van der Waals surface area contributed by atoms with Crippen LogP contribution < -0.4 is 5.32 Å². The molecule has 1 N–H and O–H groups in total. The molecule has 1 fully saturated rings. The van der Waals surface area contributed by atoms with Crippen molar-refractivity contribution in [3.63, 3.8) is 0 Å². The van der Waals surface area contributed by atoms with Crippen LogP contribution in [0.1, 0.15) is 31.2 Å². The second-order valence-electron chi connectivity index (χ2n) is 6.22. The molecule has 2 heterocycles. The van der Waals surface area contributed by atoms with E-state index in [4.69, 9.17) is 0 Å². The number of benzene rings is 1. The Balaban J connectivity index is 1.65. The Bertz CT molecular complexity index is 849. The molecule has 7 heteroatoms. The third-order valence-corrected chi connectivity index (χ3v) is 6.91. The van der Waals surface area contributed by atoms with Crippen molar-refractivity contribution >= 4 is 39.0 Å². The van der Waals surface area contributed by atoms with Gasteiger partial charge in [0.25, 0.3) is 0 Å². The molecule has 1 aliphatic heterocycles. The Morgan fingerprint density at radius 2 is 1.73 bits per heavy atom. The van der Waals surface area contributed by atoms with E-state index in [2.05, 4.69) is 5.32 Å². The molecule has 0 spiro atoms. The third-order valence-electron chi connectivity index (χ3n) is 4.30. The molecule has 0 unspecified atom stereocenters. The number of carbonyl (C=O) groups is 1. The predicted molar refractivity (Wildman–Crippen MR) is 106 cm³/mol. The fourth-order valence-corrected chi connectivity index (χ4v) is 5.01. The first-order chi connectivity index (χ1) is 12.6. The van der Waals surface area contributed by atoms with Crippen molar-refractivity contribution in [1.29, 1.82) is 0 Å². The first-order valence-electron chi connectivity index (χ1n) is 8.67. The molecule has 3 rings (SSSR count). The number of amides is 1. The number of rotatable bonds is 5. The standard InChI is InChI=1S/C19H22N2O3S2/c22-19(10-5-16-11-14-25-15-16)20-17-6-8-18(9-7-17)26(23,24)21-12-3-1-2-4-13-21/h5-11,14-15H,1-4,12-13H2,(H,20,22)/b10-5+. The normalized spacial score (nSPS) is 16.5. The first-order valence-corrected chi connectivity index (χ1v) is 11.1. The predicted octanol–water partition coefficient (Wildman–Crippen LogP) is 3.96. The lowest BCUT2D eigenvalue weighted by atomic mass is 10.2. The van der Waals surface area contributed by atoms with Crippen molar-refractivity contribution in [2.45, 2.75) is 30.6 Å². The zero-order valence-electron chi connectivity index (χ0n) is 14.4. The van der Waals surface area contributed by atoms with E-state index in [-0.39, 0.29) is 10.8 Å². The number of sulfonamides is 1. The van der Waals surface area contributed by atoms with Crippen LogP contribution in [0, 0.1) is 0 Å². The van der Waals surface area contributed by atoms with Crippen molar-refractivity contribution in [2.75, 3.05) is 18.4 Å². The maximum atomic E-state index is 12.7. The molecule has 138 valence electrons. The Morgan fingerprint density at radius 3 is 2.35 bits per heavy atom. The monoisotopic (exact) mass is 390 g/mol. The Kier molecular flexibility index (Phi) is 6.24. The van der Waals surface area contributed by atoms with Crippen LogP contribution in [0.25, 0.3) is 6.08 Å². The summed E-state index contributed by atoms with van der Waals surface area (Å²) in [6, 6.07) is 8.29. The van der Waals surface area contributed by atoms with Gasteiger partial charge in [0.2, 0.25) is 15.9 Å². The largest absolute Gasteiger partial charge is 0.323 e. The van der Waals surface area contributed by atoms with Gasteiger partial charge in [-0.25, -0.2) is 8.42 Å². The highest BCUT2D eigenvalue weighted by Crippen LogP contribution is 2.21. The minimum Gasteiger partial charge on any atom is -0.323 e. The van der Waals surface area contributed by atoms with Gasteiger partial charge in [-0.2, -0.15) is 15.6 Å². The molecule has 0 bridgehead atoms. The number of carbonyl (C=O) groups excluding carboxylic acids is 1. The lowest BCUT2D eigenvalue weighted by Crippen LogP contribution is -2.31. The molecular formula is C19H22N2O3S2. The van der Waals surface area contributed by atoms with Crippen LogP contribution in [0.2, 0.25) is 0 Å². The number of nitrogens with zero attached hydrogens (tertiary/aromatic N) is 1. The average Bonchev–Trinajstić information content (AvgIpc) is 3.00. The van der Waals surface area contributed by atoms with Gasteiger partial charge < -0.3 is 5.32 Å². The summed E-state index contributed by atoms with van der Waals surface area (Å²) in [4.78, 5) is 12.2. The van der Waals surface area contributed by atoms with Gasteiger partial charge in [-0.1, -0.05) is 12.8 Å². The van der Waals surface area contributed by atoms with Crippen molar-refractivity contribution < 1.29 is 13.2 Å². The van der Waals surface area contributed by atoms with E-state index >= 15 is 0 Å². The summed E-state index contributed by atoms with van der Waals surface area (Å²) >= 11 is 1.57. The molecule has 1 saturated heterocycles. The smallest absolute Gasteiger partial charge is 0.248 e. The molecule has 1 aliphatic rings. The van der Waals surface area contributed by atoms with Gasteiger partial charge in [-0.3, -0.25) is 4.79 Å². The van der Waals surface area contributed by atoms with E-state index in [1.165, 1.54) is 6.08 Å². The summed E-state index contributed by atoms with van der Waals surface area (Å²) in [7, 11) is -3.46. The zero-order chi connectivity index (χ0) is 18.4. The highest BCUT2D eigenvalue weighted by atomic mass is 32.2. The molecule has 0 aliphatic carbocycles. The number of nitrogens with one attached hydrogen (secondary N) is 1. The molecule has 1 amide bonds. The van der Waals surface area contributed by atoms with Crippen LogP contribution in [-0.4, -0.2) is 31.7 Å². The lowest BCUT2D eigenvalue weighted by molar-refractivity contribution is -0.111. The van der Waals surface area contributed by atoms with Crippen LogP contribution in [0.3, 0.4) is 0 Å². The van der Waals surface area contributed by atoms with Gasteiger partial charge in [0.1, 0.15) is 0 Å². The molecule has 0 radical (unpaired) electrons. The molecular weight excluding hydrogens is 368 g/mol. The summed E-state index contributed by atoms with van der Waals surface area (Å²) in [5.74, 6) is -0.251. The first kappa shape index (κ1) is 18.8. The van der Waals surface area contributed by atoms with Gasteiger partial charge in [0.15, 0.2) is 0 Å². The maximum absolute atomic E-state index is 12.7. The van der Waals surface area contributed by atoms with Crippen molar-refractivity contribution in [3.05, 3.63) is 52.7 Å². The van der Waals surface area contributed by atoms with Crippen LogP contribution in [0.5, 0.6) is 0 Å². The number of anilines is 1. The van der Waals surface area contributed by atoms with Gasteiger partial charge in [0, 0.05) is 24.9 Å². The van der Waals surface area contributed by atoms with E-state index in [9.17, 15) is 13.2 Å². The zero-order valence-corrected chi connectivity index (χ0v) is 16.1. The molecule has 2 aromatic rings. The molecule has 1 aromatic heterocycles. The highest BCUT2D eigenvalue weighted by Gasteiger charge is 2.24. The molecule has 0 saturated carbocycles. The fourth-order valence-electron chi connectivity index (χ4n) is 2.87. The third kappa shape index (κ3) is 4.81. The SMILES string of the molecule is O=C(/C=C/c1ccsc1)Nc1ccc(S(=O)(=O)N2CCCCCC2)cc1. The molecule has 26 heavy (non-hydrogen) atoms. The van der Waals surface area contributed by atoms with E-state index in [1.807, 2.05) is 16.8 Å². The van der Waals surface area contributed by atoms with E-state index in [0.717, 1.165) is 31.2 Å². The topological polar surface area (TPSA) is 66.5 Å². The summed E-state index contributed by atoms with van der Waals surface area (Å²) in [5, 5.41) is 6.64. The number of thiophene rings is 1. The van der Waals surface area contributed by atoms with E-state index in [1.54, 1.807) is 46.0 Å². The molecule has 5 nitrogen and oxygen atoms in total. The minimum absolute atomic E-state index is 0.251. The van der Waals surface area contributed by atoms with Crippen molar-refractivity contribution in [1.82, 2.24) is 4.31 Å². The minimum atomic E-state index is -3.46. The van der Waals surface area contributed by atoms with Gasteiger partial charge in [-0.15, -0.1) is 0 Å². The summed E-state index contributed by atoms with van der Waals surface area (Å²) in [5.41, 5.74) is 1.55. The van der Waals surface area contributed by atoms with Gasteiger partial charge >= 0.3 is 0 Å². The fraction of sp³-hybridized carbons (Fsp3) is 0.316. The number of hydrogen-bond donors (Lipinski definition) is 1. The summed E-state index contributed by atoms with van der Waals surface area (Å²) in [6.07, 6.45) is 7.17. The van der Waals surface area contributed by atoms with E-state index < -0.39 is 10.0 Å². The summed E-state index contributed by atoms with van der Waals surface area (Å²) in [6.45, 7) is 1.16. The summed E-state index contributed by atoms with van der Waals surface area (Å²) < 4.78 is 27.0. The van der Waals surface area contributed by atoms with Gasteiger partial charge in [0.05, 0.1) is 4.90 Å². The van der Waals surface area contributed by atoms with Crippen molar-refractivity contribution in [3.8, 4) is 0 Å². The van der Waals surface area contributed by atoms with Crippen molar-refractivity contribution in [2.24, 2.45) is 0 Å². The van der Waals surface area contributed by atoms with Crippen LogP contribution in [-0.2, 0) is 14.8 Å². The maximum Gasteiger partial charge on any atom is 0.248 e. The van der Waals surface area contributed by atoms with Crippen LogP contribution >= 0.6 is 11.3 Å². The lowest BCUT2D eigenvalue weighted by Gasteiger charge is -2.20. The highest BCUT2D eigenvalue weighted by molar-refractivity contribution is 7.89. The molecule has 0 atom stereocenters. The van der Waals surface area contributed by atoms with E-state index in [0.29, 0.717) is 18.8 Å². The second kappa shape index (κ2) is 8.62. The molecule has 1 aromatic carbocycles. The Hall–Kier alpha value is -1.96. The second-order valence-corrected chi connectivity index (χ2v) is 8.94. The van der Waals surface area contributed by atoms with Crippen LogP contribution in [0.4, 0.5) is 5.69 Å². The number of hydrogen-bond acceptors (Lipinski definition) is 4. The average molecular weight is 391 g/mol. The van der Waals surface area contributed by atoms with Crippen LogP contribution in [0.15, 0.2) is 52.1 Å². The Morgan fingerprint density at radius 1 is 1.04 bits per heavy atom. The van der Waals surface area contributed by atoms with Gasteiger partial charge in [-0.05, 0) is 65.6 Å². The quantitative estimate of drug-likeness (QED) is 0.786.